The summed E-state index contributed by atoms with van der Waals surface area (Å²) in [5, 5.41) is 9.42. The zero-order valence-corrected chi connectivity index (χ0v) is 12.1. The summed E-state index contributed by atoms with van der Waals surface area (Å²) in [6.07, 6.45) is 0. The van der Waals surface area contributed by atoms with Crippen molar-refractivity contribution in [2.24, 2.45) is 0 Å². The summed E-state index contributed by atoms with van der Waals surface area (Å²) < 4.78 is 1.01. The molecule has 2 aromatic rings. The number of anilines is 2. The molecule has 0 aliphatic heterocycles. The number of rotatable bonds is 3. The molecule has 0 radical (unpaired) electrons. The second kappa shape index (κ2) is 5.55. The lowest BCUT2D eigenvalue weighted by molar-refractivity contribution is 0.282. The van der Waals surface area contributed by atoms with Crippen LogP contribution in [0, 0.1) is 6.92 Å². The highest BCUT2D eigenvalue weighted by molar-refractivity contribution is 9.10. The summed E-state index contributed by atoms with van der Waals surface area (Å²) >= 11 is 3.47. The Kier molecular flexibility index (Phi) is 4.04. The highest BCUT2D eigenvalue weighted by Crippen LogP contribution is 2.30. The second-order valence-electron chi connectivity index (χ2n) is 4.33. The molecule has 0 aliphatic carbocycles. The van der Waals surface area contributed by atoms with Gasteiger partial charge in [0.25, 0.3) is 0 Å². The van der Waals surface area contributed by atoms with Gasteiger partial charge in [0.05, 0.1) is 6.61 Å². The molecule has 2 rings (SSSR count). The summed E-state index contributed by atoms with van der Waals surface area (Å²) in [5.41, 5.74) is 4.27. The Hall–Kier alpha value is -1.32. The predicted molar refractivity (Wildman–Crippen MR) is 79.3 cm³/mol. The highest BCUT2D eigenvalue weighted by Gasteiger charge is 2.09. The first-order chi connectivity index (χ1) is 8.61. The Morgan fingerprint density at radius 1 is 1.17 bits per heavy atom. The highest BCUT2D eigenvalue weighted by atomic mass is 79.9. The molecule has 0 atom stereocenters. The Labute approximate surface area is 116 Å². The molecule has 0 amide bonds. The molecule has 3 heteroatoms. The molecule has 0 saturated carbocycles. The molecule has 0 fully saturated rings. The first kappa shape index (κ1) is 13.1. The van der Waals surface area contributed by atoms with Gasteiger partial charge < -0.3 is 10.0 Å². The van der Waals surface area contributed by atoms with Gasteiger partial charge in [-0.05, 0) is 36.8 Å². The standard InChI is InChI=1S/C15H16BrNO/c1-11-4-3-5-14(8-11)17(2)15-9-13(16)7-6-12(15)10-18/h3-9,18H,10H2,1-2H3. The minimum absolute atomic E-state index is 0.0404. The first-order valence-corrected chi connectivity index (χ1v) is 6.61. The van der Waals surface area contributed by atoms with E-state index in [0.717, 1.165) is 21.4 Å². The van der Waals surface area contributed by atoms with Crippen LogP contribution < -0.4 is 4.90 Å². The number of benzene rings is 2. The lowest BCUT2D eigenvalue weighted by Gasteiger charge is -2.22. The Morgan fingerprint density at radius 3 is 2.61 bits per heavy atom. The number of nitrogens with zero attached hydrogens (tertiary/aromatic N) is 1. The van der Waals surface area contributed by atoms with Crippen molar-refractivity contribution < 1.29 is 5.11 Å². The summed E-state index contributed by atoms with van der Waals surface area (Å²) in [4.78, 5) is 2.09. The number of aliphatic hydroxyl groups is 1. The van der Waals surface area contributed by atoms with E-state index in [0.29, 0.717) is 0 Å². The van der Waals surface area contributed by atoms with E-state index in [4.69, 9.17) is 0 Å². The van der Waals surface area contributed by atoms with E-state index >= 15 is 0 Å². The van der Waals surface area contributed by atoms with Crippen molar-refractivity contribution in [3.8, 4) is 0 Å². The van der Waals surface area contributed by atoms with Gasteiger partial charge in [0, 0.05) is 28.5 Å². The summed E-state index contributed by atoms with van der Waals surface area (Å²) in [6, 6.07) is 14.2. The fraction of sp³-hybridized carbons (Fsp3) is 0.200. The van der Waals surface area contributed by atoms with Gasteiger partial charge >= 0.3 is 0 Å². The Morgan fingerprint density at radius 2 is 1.94 bits per heavy atom. The first-order valence-electron chi connectivity index (χ1n) is 5.81. The molecule has 94 valence electrons. The van der Waals surface area contributed by atoms with Crippen molar-refractivity contribution in [2.45, 2.75) is 13.5 Å². The molecule has 0 spiro atoms. The van der Waals surface area contributed by atoms with Gasteiger partial charge in [-0.1, -0.05) is 34.1 Å². The SMILES string of the molecule is Cc1cccc(N(C)c2cc(Br)ccc2CO)c1. The van der Waals surface area contributed by atoms with Gasteiger partial charge in [-0.15, -0.1) is 0 Å². The predicted octanol–water partition coefficient (Wildman–Crippen LogP) is 4.02. The fourth-order valence-corrected chi connectivity index (χ4v) is 2.31. The quantitative estimate of drug-likeness (QED) is 0.926. The average Bonchev–Trinajstić information content (AvgIpc) is 2.38. The van der Waals surface area contributed by atoms with E-state index in [9.17, 15) is 5.11 Å². The molecular weight excluding hydrogens is 290 g/mol. The number of hydrogen-bond acceptors (Lipinski definition) is 2. The average molecular weight is 306 g/mol. The van der Waals surface area contributed by atoms with Crippen LogP contribution in [0.3, 0.4) is 0 Å². The van der Waals surface area contributed by atoms with E-state index in [2.05, 4.69) is 46.0 Å². The molecule has 2 nitrogen and oxygen atoms in total. The molecular formula is C15H16BrNO. The van der Waals surface area contributed by atoms with Gasteiger partial charge in [-0.2, -0.15) is 0 Å². The zero-order chi connectivity index (χ0) is 13.1. The summed E-state index contributed by atoms with van der Waals surface area (Å²) in [7, 11) is 2.01. The third-order valence-corrected chi connectivity index (χ3v) is 3.46. The van der Waals surface area contributed by atoms with Crippen molar-refractivity contribution in [2.75, 3.05) is 11.9 Å². The van der Waals surface area contributed by atoms with E-state index in [1.54, 1.807) is 0 Å². The molecule has 1 N–H and O–H groups in total. The third kappa shape index (κ3) is 2.74. The number of hydrogen-bond donors (Lipinski definition) is 1. The van der Waals surface area contributed by atoms with Crippen LogP contribution in [0.1, 0.15) is 11.1 Å². The normalized spacial score (nSPS) is 10.4. The number of aliphatic hydroxyl groups excluding tert-OH is 1. The zero-order valence-electron chi connectivity index (χ0n) is 10.5. The minimum atomic E-state index is 0.0404. The van der Waals surface area contributed by atoms with E-state index < -0.39 is 0 Å². The van der Waals surface area contributed by atoms with E-state index in [1.165, 1.54) is 5.56 Å². The number of aryl methyl sites for hydroxylation is 1. The van der Waals surface area contributed by atoms with Crippen molar-refractivity contribution >= 4 is 27.3 Å². The lowest BCUT2D eigenvalue weighted by Crippen LogP contribution is -2.12. The largest absolute Gasteiger partial charge is 0.392 e. The lowest BCUT2D eigenvalue weighted by atomic mass is 10.1. The smallest absolute Gasteiger partial charge is 0.0702 e. The number of halogens is 1. The van der Waals surface area contributed by atoms with Crippen molar-refractivity contribution in [3.05, 3.63) is 58.1 Å². The third-order valence-electron chi connectivity index (χ3n) is 2.97. The molecule has 0 saturated heterocycles. The van der Waals surface area contributed by atoms with Crippen LogP contribution in [0.5, 0.6) is 0 Å². The van der Waals surface area contributed by atoms with Gasteiger partial charge in [0.15, 0.2) is 0 Å². The maximum Gasteiger partial charge on any atom is 0.0702 e. The monoisotopic (exact) mass is 305 g/mol. The second-order valence-corrected chi connectivity index (χ2v) is 5.24. The fourth-order valence-electron chi connectivity index (χ4n) is 1.96. The van der Waals surface area contributed by atoms with Gasteiger partial charge in [0.2, 0.25) is 0 Å². The maximum atomic E-state index is 9.42. The Balaban J connectivity index is 2.44. The Bertz CT molecular complexity index is 554. The van der Waals surface area contributed by atoms with Crippen LogP contribution in [-0.4, -0.2) is 12.2 Å². The van der Waals surface area contributed by atoms with Gasteiger partial charge in [0.1, 0.15) is 0 Å². The topological polar surface area (TPSA) is 23.5 Å². The van der Waals surface area contributed by atoms with Crippen molar-refractivity contribution in [3.63, 3.8) is 0 Å². The summed E-state index contributed by atoms with van der Waals surface area (Å²) in [5.74, 6) is 0. The van der Waals surface area contributed by atoms with E-state index in [1.807, 2.05) is 31.3 Å². The summed E-state index contributed by atoms with van der Waals surface area (Å²) in [6.45, 7) is 2.12. The van der Waals surface area contributed by atoms with Crippen LogP contribution >= 0.6 is 15.9 Å². The van der Waals surface area contributed by atoms with Gasteiger partial charge in [-0.3, -0.25) is 0 Å². The molecule has 18 heavy (non-hydrogen) atoms. The van der Waals surface area contributed by atoms with Crippen LogP contribution in [0.4, 0.5) is 11.4 Å². The van der Waals surface area contributed by atoms with Crippen LogP contribution in [0.25, 0.3) is 0 Å². The molecule has 2 aromatic carbocycles. The molecule has 0 unspecified atom stereocenters. The van der Waals surface area contributed by atoms with Crippen molar-refractivity contribution in [1.82, 2.24) is 0 Å². The molecule has 0 heterocycles. The molecule has 0 aromatic heterocycles. The van der Waals surface area contributed by atoms with Crippen LogP contribution in [-0.2, 0) is 6.61 Å². The maximum absolute atomic E-state index is 9.42. The van der Waals surface area contributed by atoms with Crippen LogP contribution in [0.15, 0.2) is 46.9 Å². The van der Waals surface area contributed by atoms with Gasteiger partial charge in [-0.25, -0.2) is 0 Å². The molecule has 0 bridgehead atoms. The molecule has 0 aliphatic rings. The van der Waals surface area contributed by atoms with E-state index in [-0.39, 0.29) is 6.61 Å². The van der Waals surface area contributed by atoms with Crippen molar-refractivity contribution in [1.29, 1.82) is 0 Å². The minimum Gasteiger partial charge on any atom is -0.392 e. The van der Waals surface area contributed by atoms with Crippen LogP contribution in [0.2, 0.25) is 0 Å².